The van der Waals surface area contributed by atoms with Gasteiger partial charge in [0.2, 0.25) is 5.91 Å². The highest BCUT2D eigenvalue weighted by molar-refractivity contribution is 5.91. The van der Waals surface area contributed by atoms with Crippen molar-refractivity contribution in [1.82, 2.24) is 0 Å². The van der Waals surface area contributed by atoms with E-state index in [1.165, 1.54) is 18.5 Å². The standard InChI is InChI=1S/C16H25N3O/c1-12(11-17)9-16(20)18-15-6-5-14(10-13(15)2)19-7-3-4-8-19/h5-6,10,12H,3-4,7-9,11,17H2,1-2H3,(H,18,20). The van der Waals surface area contributed by atoms with Crippen LogP contribution in [-0.4, -0.2) is 25.5 Å². The van der Waals surface area contributed by atoms with Gasteiger partial charge < -0.3 is 16.0 Å². The van der Waals surface area contributed by atoms with Gasteiger partial charge >= 0.3 is 0 Å². The van der Waals surface area contributed by atoms with Gasteiger partial charge in [0.25, 0.3) is 0 Å². The van der Waals surface area contributed by atoms with E-state index in [-0.39, 0.29) is 11.8 Å². The van der Waals surface area contributed by atoms with Crippen LogP contribution in [0.3, 0.4) is 0 Å². The normalized spacial score (nSPS) is 16.2. The molecule has 0 saturated carbocycles. The van der Waals surface area contributed by atoms with E-state index in [1.807, 2.05) is 19.9 Å². The second kappa shape index (κ2) is 6.75. The molecule has 20 heavy (non-hydrogen) atoms. The van der Waals surface area contributed by atoms with Gasteiger partial charge in [-0.05, 0) is 56.0 Å². The van der Waals surface area contributed by atoms with Crippen LogP contribution in [0.25, 0.3) is 0 Å². The Morgan fingerprint density at radius 2 is 2.10 bits per heavy atom. The summed E-state index contributed by atoms with van der Waals surface area (Å²) in [5.74, 6) is 0.263. The molecule has 3 N–H and O–H groups in total. The fraction of sp³-hybridized carbons (Fsp3) is 0.562. The van der Waals surface area contributed by atoms with Crippen LogP contribution in [0.2, 0.25) is 0 Å². The Morgan fingerprint density at radius 3 is 2.70 bits per heavy atom. The minimum Gasteiger partial charge on any atom is -0.372 e. The van der Waals surface area contributed by atoms with Crippen LogP contribution >= 0.6 is 0 Å². The monoisotopic (exact) mass is 275 g/mol. The smallest absolute Gasteiger partial charge is 0.224 e. The van der Waals surface area contributed by atoms with Crippen molar-refractivity contribution in [2.45, 2.75) is 33.1 Å². The Hall–Kier alpha value is -1.55. The molecule has 4 nitrogen and oxygen atoms in total. The lowest BCUT2D eigenvalue weighted by Crippen LogP contribution is -2.21. The average molecular weight is 275 g/mol. The molecule has 1 amide bonds. The molecule has 0 spiro atoms. The summed E-state index contributed by atoms with van der Waals surface area (Å²) in [6, 6.07) is 6.27. The van der Waals surface area contributed by atoms with Crippen LogP contribution in [-0.2, 0) is 4.79 Å². The minimum absolute atomic E-state index is 0.0416. The maximum absolute atomic E-state index is 11.9. The number of hydrogen-bond acceptors (Lipinski definition) is 3. The lowest BCUT2D eigenvalue weighted by Gasteiger charge is -2.19. The molecule has 1 saturated heterocycles. The van der Waals surface area contributed by atoms with E-state index in [9.17, 15) is 4.79 Å². The highest BCUT2D eigenvalue weighted by atomic mass is 16.1. The molecule has 1 aliphatic rings. The molecule has 1 heterocycles. The van der Waals surface area contributed by atoms with E-state index in [0.717, 1.165) is 24.3 Å². The topological polar surface area (TPSA) is 58.4 Å². The van der Waals surface area contributed by atoms with E-state index in [4.69, 9.17) is 5.73 Å². The third kappa shape index (κ3) is 3.73. The first-order chi connectivity index (χ1) is 9.60. The molecule has 1 aliphatic heterocycles. The van der Waals surface area contributed by atoms with Crippen LogP contribution in [0.5, 0.6) is 0 Å². The molecular weight excluding hydrogens is 250 g/mol. The van der Waals surface area contributed by atoms with Gasteiger partial charge in [-0.2, -0.15) is 0 Å². The highest BCUT2D eigenvalue weighted by Crippen LogP contribution is 2.25. The number of rotatable bonds is 5. The zero-order valence-corrected chi connectivity index (χ0v) is 12.5. The minimum atomic E-state index is 0.0416. The van der Waals surface area contributed by atoms with Crippen molar-refractivity contribution >= 4 is 17.3 Å². The molecule has 0 bridgehead atoms. The summed E-state index contributed by atoms with van der Waals surface area (Å²) in [5.41, 5.74) is 8.82. The lowest BCUT2D eigenvalue weighted by atomic mass is 10.1. The number of amides is 1. The van der Waals surface area contributed by atoms with Gasteiger partial charge in [0.05, 0.1) is 0 Å². The van der Waals surface area contributed by atoms with Crippen molar-refractivity contribution in [2.75, 3.05) is 29.9 Å². The van der Waals surface area contributed by atoms with Gasteiger partial charge in [0, 0.05) is 30.9 Å². The number of carbonyl (C=O) groups is 1. The van der Waals surface area contributed by atoms with Gasteiger partial charge in [-0.25, -0.2) is 0 Å². The van der Waals surface area contributed by atoms with E-state index in [2.05, 4.69) is 22.3 Å². The Bertz CT molecular complexity index is 467. The molecule has 1 unspecified atom stereocenters. The summed E-state index contributed by atoms with van der Waals surface area (Å²) < 4.78 is 0. The maximum atomic E-state index is 11.9. The Labute approximate surface area is 121 Å². The maximum Gasteiger partial charge on any atom is 0.224 e. The largest absolute Gasteiger partial charge is 0.372 e. The van der Waals surface area contributed by atoms with Crippen LogP contribution < -0.4 is 16.0 Å². The highest BCUT2D eigenvalue weighted by Gasteiger charge is 2.14. The number of nitrogens with one attached hydrogen (secondary N) is 1. The molecule has 1 fully saturated rings. The predicted octanol–water partition coefficient (Wildman–Crippen LogP) is 2.52. The number of hydrogen-bond donors (Lipinski definition) is 2. The molecule has 0 aromatic heterocycles. The lowest BCUT2D eigenvalue weighted by molar-refractivity contribution is -0.116. The molecule has 1 aromatic rings. The average Bonchev–Trinajstić information content (AvgIpc) is 2.94. The summed E-state index contributed by atoms with van der Waals surface area (Å²) in [5, 5.41) is 2.98. The van der Waals surface area contributed by atoms with Crippen molar-refractivity contribution in [3.63, 3.8) is 0 Å². The van der Waals surface area contributed by atoms with Crippen LogP contribution in [0.4, 0.5) is 11.4 Å². The molecule has 0 radical (unpaired) electrons. The summed E-state index contributed by atoms with van der Waals surface area (Å²) in [4.78, 5) is 14.3. The van der Waals surface area contributed by atoms with Gasteiger partial charge in [0.1, 0.15) is 0 Å². The second-order valence-electron chi connectivity index (χ2n) is 5.79. The first kappa shape index (κ1) is 14.9. The fourth-order valence-corrected chi connectivity index (χ4v) is 2.56. The van der Waals surface area contributed by atoms with Crippen molar-refractivity contribution in [3.05, 3.63) is 23.8 Å². The number of aryl methyl sites for hydroxylation is 1. The van der Waals surface area contributed by atoms with E-state index >= 15 is 0 Å². The SMILES string of the molecule is Cc1cc(N2CCCC2)ccc1NC(=O)CC(C)CN. The number of anilines is 2. The molecular formula is C16H25N3O. The van der Waals surface area contributed by atoms with E-state index in [1.54, 1.807) is 0 Å². The summed E-state index contributed by atoms with van der Waals surface area (Å²) in [7, 11) is 0. The summed E-state index contributed by atoms with van der Waals surface area (Å²) in [6.07, 6.45) is 3.02. The van der Waals surface area contributed by atoms with Crippen LogP contribution in [0.15, 0.2) is 18.2 Å². The zero-order chi connectivity index (χ0) is 14.5. The molecule has 4 heteroatoms. The van der Waals surface area contributed by atoms with Gasteiger partial charge in [-0.3, -0.25) is 4.79 Å². The fourth-order valence-electron chi connectivity index (χ4n) is 2.56. The number of nitrogens with zero attached hydrogens (tertiary/aromatic N) is 1. The van der Waals surface area contributed by atoms with Gasteiger partial charge in [-0.1, -0.05) is 6.92 Å². The van der Waals surface area contributed by atoms with E-state index in [0.29, 0.717) is 13.0 Å². The summed E-state index contributed by atoms with van der Waals surface area (Å²) >= 11 is 0. The number of benzene rings is 1. The van der Waals surface area contributed by atoms with Crippen molar-refractivity contribution in [3.8, 4) is 0 Å². The van der Waals surface area contributed by atoms with Crippen LogP contribution in [0.1, 0.15) is 31.7 Å². The second-order valence-corrected chi connectivity index (χ2v) is 5.79. The Balaban J connectivity index is 2.00. The number of carbonyl (C=O) groups excluding carboxylic acids is 1. The van der Waals surface area contributed by atoms with Gasteiger partial charge in [-0.15, -0.1) is 0 Å². The Kier molecular flexibility index (Phi) is 5.01. The zero-order valence-electron chi connectivity index (χ0n) is 12.5. The van der Waals surface area contributed by atoms with Crippen molar-refractivity contribution in [2.24, 2.45) is 11.7 Å². The molecule has 0 aliphatic carbocycles. The Morgan fingerprint density at radius 1 is 1.40 bits per heavy atom. The number of nitrogens with two attached hydrogens (primary N) is 1. The molecule has 1 aromatic carbocycles. The quantitative estimate of drug-likeness (QED) is 0.868. The van der Waals surface area contributed by atoms with Gasteiger partial charge in [0.15, 0.2) is 0 Å². The third-order valence-electron chi connectivity index (χ3n) is 3.89. The van der Waals surface area contributed by atoms with Crippen molar-refractivity contribution < 1.29 is 4.79 Å². The van der Waals surface area contributed by atoms with Crippen LogP contribution in [0, 0.1) is 12.8 Å². The predicted molar refractivity (Wildman–Crippen MR) is 84.1 cm³/mol. The summed E-state index contributed by atoms with van der Waals surface area (Å²) in [6.45, 7) is 6.85. The van der Waals surface area contributed by atoms with Crippen molar-refractivity contribution in [1.29, 1.82) is 0 Å². The molecule has 2 rings (SSSR count). The first-order valence-electron chi connectivity index (χ1n) is 7.45. The third-order valence-corrected chi connectivity index (χ3v) is 3.89. The molecule has 1 atom stereocenters. The molecule has 110 valence electrons. The van der Waals surface area contributed by atoms with E-state index < -0.39 is 0 Å². The first-order valence-corrected chi connectivity index (χ1v) is 7.45.